The second-order valence-corrected chi connectivity index (χ2v) is 8.86. The predicted molar refractivity (Wildman–Crippen MR) is 134 cm³/mol. The van der Waals surface area contributed by atoms with Crippen molar-refractivity contribution in [3.63, 3.8) is 0 Å². The maximum atomic E-state index is 13.0. The van der Waals surface area contributed by atoms with E-state index in [1.807, 2.05) is 0 Å². The highest BCUT2D eigenvalue weighted by Gasteiger charge is 2.21. The molecule has 3 aromatic carbocycles. The third kappa shape index (κ3) is 6.36. The van der Waals surface area contributed by atoms with Crippen molar-refractivity contribution in [2.24, 2.45) is 0 Å². The predicted octanol–water partition coefficient (Wildman–Crippen LogP) is 4.55. The van der Waals surface area contributed by atoms with E-state index in [0.717, 1.165) is 0 Å². The van der Waals surface area contributed by atoms with Gasteiger partial charge in [-0.05, 0) is 62.4 Å². The third-order valence-electron chi connectivity index (χ3n) is 4.90. The van der Waals surface area contributed by atoms with Gasteiger partial charge in [-0.15, -0.1) is 0 Å². The fourth-order valence-electron chi connectivity index (χ4n) is 3.18. The highest BCUT2D eigenvalue weighted by molar-refractivity contribution is 7.92. The first-order valence-corrected chi connectivity index (χ1v) is 12.4. The summed E-state index contributed by atoms with van der Waals surface area (Å²) in [5.41, 5.74) is 0.924. The largest absolute Gasteiger partial charge is 0.497 e. The lowest BCUT2D eigenvalue weighted by molar-refractivity contribution is 0.102. The molecule has 0 heterocycles. The van der Waals surface area contributed by atoms with Gasteiger partial charge in [-0.25, -0.2) is 8.42 Å². The Bertz CT molecular complexity index is 1260. The number of amides is 1. The van der Waals surface area contributed by atoms with E-state index in [2.05, 4.69) is 10.0 Å². The van der Waals surface area contributed by atoms with Gasteiger partial charge in [0, 0.05) is 17.7 Å². The highest BCUT2D eigenvalue weighted by Crippen LogP contribution is 2.38. The molecule has 9 nitrogen and oxygen atoms in total. The van der Waals surface area contributed by atoms with Gasteiger partial charge in [0.2, 0.25) is 0 Å². The van der Waals surface area contributed by atoms with Crippen molar-refractivity contribution in [3.05, 3.63) is 66.2 Å². The molecule has 0 fully saturated rings. The smallest absolute Gasteiger partial charge is 0.262 e. The Labute approximate surface area is 205 Å². The Morgan fingerprint density at radius 2 is 1.26 bits per heavy atom. The van der Waals surface area contributed by atoms with Crippen molar-refractivity contribution in [1.29, 1.82) is 0 Å². The molecule has 0 saturated heterocycles. The van der Waals surface area contributed by atoms with E-state index in [9.17, 15) is 13.2 Å². The lowest BCUT2D eigenvalue weighted by Crippen LogP contribution is -2.16. The Balaban J connectivity index is 1.94. The van der Waals surface area contributed by atoms with Gasteiger partial charge in [0.1, 0.15) is 23.0 Å². The minimum atomic E-state index is -3.94. The van der Waals surface area contributed by atoms with Gasteiger partial charge in [0.15, 0.2) is 0 Å². The number of rotatable bonds is 11. The molecule has 0 aliphatic carbocycles. The normalized spacial score (nSPS) is 10.9. The molecule has 0 aliphatic heterocycles. The van der Waals surface area contributed by atoms with Crippen LogP contribution in [0.1, 0.15) is 24.2 Å². The number of hydrogen-bond acceptors (Lipinski definition) is 7. The fourth-order valence-corrected chi connectivity index (χ4v) is 4.24. The lowest BCUT2D eigenvalue weighted by Gasteiger charge is -2.18. The monoisotopic (exact) mass is 500 g/mol. The van der Waals surface area contributed by atoms with Crippen LogP contribution in [0.2, 0.25) is 0 Å². The zero-order valence-corrected chi connectivity index (χ0v) is 20.8. The summed E-state index contributed by atoms with van der Waals surface area (Å²) < 4.78 is 50.1. The van der Waals surface area contributed by atoms with Crippen molar-refractivity contribution in [2.45, 2.75) is 18.7 Å². The van der Waals surface area contributed by atoms with Crippen LogP contribution in [-0.4, -0.2) is 41.8 Å². The molecule has 3 aromatic rings. The minimum absolute atomic E-state index is 0.0515. The molecule has 0 unspecified atom stereocenters. The molecule has 0 saturated carbocycles. The molecule has 0 aromatic heterocycles. The fraction of sp³-hybridized carbons (Fsp3) is 0.240. The molecule has 2 N–H and O–H groups in total. The van der Waals surface area contributed by atoms with Crippen molar-refractivity contribution in [2.75, 3.05) is 37.5 Å². The molecular formula is C25H28N2O7S. The maximum absolute atomic E-state index is 13.0. The van der Waals surface area contributed by atoms with Crippen LogP contribution in [0.5, 0.6) is 23.0 Å². The van der Waals surface area contributed by atoms with Crippen LogP contribution in [0.15, 0.2) is 65.6 Å². The molecule has 35 heavy (non-hydrogen) atoms. The average Bonchev–Trinajstić information content (AvgIpc) is 2.86. The van der Waals surface area contributed by atoms with Crippen LogP contribution >= 0.6 is 0 Å². The second kappa shape index (κ2) is 11.5. The van der Waals surface area contributed by atoms with Gasteiger partial charge in [0.05, 0.1) is 43.7 Å². The molecule has 186 valence electrons. The summed E-state index contributed by atoms with van der Waals surface area (Å²) >= 11 is 0. The zero-order valence-electron chi connectivity index (χ0n) is 20.0. The Hall–Kier alpha value is -3.92. The van der Waals surface area contributed by atoms with Gasteiger partial charge in [-0.1, -0.05) is 0 Å². The van der Waals surface area contributed by atoms with E-state index < -0.39 is 10.0 Å². The van der Waals surface area contributed by atoms with Crippen molar-refractivity contribution in [3.8, 4) is 23.0 Å². The summed E-state index contributed by atoms with van der Waals surface area (Å²) in [4.78, 5) is 12.9. The van der Waals surface area contributed by atoms with Crippen LogP contribution in [0.25, 0.3) is 0 Å². The molecule has 1 amide bonds. The van der Waals surface area contributed by atoms with E-state index in [0.29, 0.717) is 29.4 Å². The van der Waals surface area contributed by atoms with E-state index in [4.69, 9.17) is 18.9 Å². The van der Waals surface area contributed by atoms with Gasteiger partial charge in [-0.3, -0.25) is 9.52 Å². The quantitative estimate of drug-likeness (QED) is 0.397. The van der Waals surface area contributed by atoms with Crippen LogP contribution in [0, 0.1) is 0 Å². The van der Waals surface area contributed by atoms with Crippen molar-refractivity contribution < 1.29 is 32.2 Å². The van der Waals surface area contributed by atoms with Crippen LogP contribution < -0.4 is 29.0 Å². The topological polar surface area (TPSA) is 112 Å². The number of carbonyl (C=O) groups is 1. The zero-order chi connectivity index (χ0) is 25.4. The van der Waals surface area contributed by atoms with Crippen LogP contribution in [-0.2, 0) is 10.0 Å². The second-order valence-electron chi connectivity index (χ2n) is 7.17. The molecule has 10 heteroatoms. The Kier molecular flexibility index (Phi) is 8.43. The molecule has 0 radical (unpaired) electrons. The highest BCUT2D eigenvalue weighted by atomic mass is 32.2. The van der Waals surface area contributed by atoms with Crippen LogP contribution in [0.4, 0.5) is 11.4 Å². The standard InChI is InChI=1S/C25H28N2O7S/c1-5-33-23-16-22(27-35(29,30)20-13-11-19(32-4)12-14-20)24(34-6-2)15-21(23)26-25(28)17-7-9-18(31-3)10-8-17/h7-16,27H,5-6H2,1-4H3,(H,26,28). The molecule has 0 atom stereocenters. The van der Waals surface area contributed by atoms with Gasteiger partial charge >= 0.3 is 0 Å². The molecule has 0 spiro atoms. The number of anilines is 2. The van der Waals surface area contributed by atoms with Gasteiger partial charge in [0.25, 0.3) is 15.9 Å². The number of hydrogen-bond donors (Lipinski definition) is 2. The summed E-state index contributed by atoms with van der Waals surface area (Å²) in [6.07, 6.45) is 0. The van der Waals surface area contributed by atoms with Crippen molar-refractivity contribution >= 4 is 27.3 Å². The van der Waals surface area contributed by atoms with Crippen molar-refractivity contribution in [1.82, 2.24) is 0 Å². The third-order valence-corrected chi connectivity index (χ3v) is 6.28. The van der Waals surface area contributed by atoms with E-state index in [1.54, 1.807) is 57.4 Å². The van der Waals surface area contributed by atoms with Gasteiger partial charge in [-0.2, -0.15) is 0 Å². The number of carbonyl (C=O) groups excluding carboxylic acids is 1. The Morgan fingerprint density at radius 1 is 0.771 bits per heavy atom. The molecule has 0 aliphatic rings. The number of nitrogens with one attached hydrogen (secondary N) is 2. The summed E-state index contributed by atoms with van der Waals surface area (Å²) in [5.74, 6) is 1.31. The first-order valence-electron chi connectivity index (χ1n) is 10.9. The number of ether oxygens (including phenoxy) is 4. The summed E-state index contributed by atoms with van der Waals surface area (Å²) in [7, 11) is -0.892. The maximum Gasteiger partial charge on any atom is 0.262 e. The summed E-state index contributed by atoms with van der Waals surface area (Å²) in [5, 5.41) is 2.81. The van der Waals surface area contributed by atoms with E-state index >= 15 is 0 Å². The van der Waals surface area contributed by atoms with E-state index in [-0.39, 0.29) is 34.6 Å². The first kappa shape index (κ1) is 25.7. The average molecular weight is 501 g/mol. The Morgan fingerprint density at radius 3 is 1.77 bits per heavy atom. The molecule has 0 bridgehead atoms. The number of sulfonamides is 1. The first-order chi connectivity index (χ1) is 16.8. The SMILES string of the molecule is CCOc1cc(NS(=O)(=O)c2ccc(OC)cc2)c(OCC)cc1NC(=O)c1ccc(OC)cc1. The summed E-state index contributed by atoms with van der Waals surface area (Å²) in [6.45, 7) is 4.13. The molecular weight excluding hydrogens is 472 g/mol. The van der Waals surface area contributed by atoms with E-state index in [1.165, 1.54) is 31.4 Å². The number of methoxy groups -OCH3 is 2. The van der Waals surface area contributed by atoms with Gasteiger partial charge < -0.3 is 24.3 Å². The summed E-state index contributed by atoms with van der Waals surface area (Å²) in [6, 6.07) is 15.6. The minimum Gasteiger partial charge on any atom is -0.497 e. The molecule has 3 rings (SSSR count). The lowest BCUT2D eigenvalue weighted by atomic mass is 10.2. The number of benzene rings is 3. The van der Waals surface area contributed by atoms with Crippen LogP contribution in [0.3, 0.4) is 0 Å².